The summed E-state index contributed by atoms with van der Waals surface area (Å²) in [4.78, 5) is 15.1. The van der Waals surface area contributed by atoms with Gasteiger partial charge in [-0.1, -0.05) is 67.1 Å². The molecular formula is C21H25NO2. The first kappa shape index (κ1) is 16.7. The minimum Gasteiger partial charge on any atom is -0.464 e. The molecule has 1 fully saturated rings. The van der Waals surface area contributed by atoms with Crippen LogP contribution in [0.1, 0.15) is 36.3 Å². The SMILES string of the molecule is O=C(OCCN1CCCCC1)C(c1ccccc1)c1ccccc1. The molecule has 3 rings (SSSR count). The molecule has 0 spiro atoms. The van der Waals surface area contributed by atoms with E-state index >= 15 is 0 Å². The van der Waals surface area contributed by atoms with E-state index in [1.165, 1.54) is 19.3 Å². The number of esters is 1. The zero-order valence-corrected chi connectivity index (χ0v) is 14.1. The summed E-state index contributed by atoms with van der Waals surface area (Å²) in [5, 5.41) is 0. The smallest absolute Gasteiger partial charge is 0.317 e. The van der Waals surface area contributed by atoms with Crippen molar-refractivity contribution in [3.8, 4) is 0 Å². The van der Waals surface area contributed by atoms with Gasteiger partial charge in [0.25, 0.3) is 0 Å². The van der Waals surface area contributed by atoms with Crippen LogP contribution in [-0.4, -0.2) is 37.1 Å². The van der Waals surface area contributed by atoms with Crippen molar-refractivity contribution < 1.29 is 9.53 Å². The lowest BCUT2D eigenvalue weighted by Crippen LogP contribution is -2.33. The number of ether oxygens (including phenoxy) is 1. The summed E-state index contributed by atoms with van der Waals surface area (Å²) in [6, 6.07) is 19.7. The molecule has 0 bridgehead atoms. The van der Waals surface area contributed by atoms with E-state index in [-0.39, 0.29) is 11.9 Å². The Hall–Kier alpha value is -2.13. The van der Waals surface area contributed by atoms with E-state index in [0.717, 1.165) is 30.8 Å². The normalized spacial score (nSPS) is 15.4. The second-order valence-electron chi connectivity index (χ2n) is 6.32. The van der Waals surface area contributed by atoms with Gasteiger partial charge in [-0.05, 0) is 37.1 Å². The number of nitrogens with zero attached hydrogens (tertiary/aromatic N) is 1. The molecule has 126 valence electrons. The molecule has 0 aromatic heterocycles. The van der Waals surface area contributed by atoms with Crippen molar-refractivity contribution in [3.05, 3.63) is 71.8 Å². The molecule has 24 heavy (non-hydrogen) atoms. The summed E-state index contributed by atoms with van der Waals surface area (Å²) in [5.41, 5.74) is 1.96. The summed E-state index contributed by atoms with van der Waals surface area (Å²) in [7, 11) is 0. The van der Waals surface area contributed by atoms with E-state index in [0.29, 0.717) is 6.61 Å². The lowest BCUT2D eigenvalue weighted by Gasteiger charge is -2.26. The Morgan fingerprint density at radius 3 is 1.96 bits per heavy atom. The first-order chi connectivity index (χ1) is 11.8. The summed E-state index contributed by atoms with van der Waals surface area (Å²) in [6.45, 7) is 3.55. The van der Waals surface area contributed by atoms with E-state index < -0.39 is 0 Å². The largest absolute Gasteiger partial charge is 0.464 e. The third-order valence-electron chi connectivity index (χ3n) is 4.60. The first-order valence-corrected chi connectivity index (χ1v) is 8.83. The Morgan fingerprint density at radius 1 is 0.875 bits per heavy atom. The predicted molar refractivity (Wildman–Crippen MR) is 96.0 cm³/mol. The Labute approximate surface area is 144 Å². The van der Waals surface area contributed by atoms with Gasteiger partial charge in [0.05, 0.1) is 0 Å². The first-order valence-electron chi connectivity index (χ1n) is 8.83. The van der Waals surface area contributed by atoms with Gasteiger partial charge in [0.15, 0.2) is 0 Å². The fraction of sp³-hybridized carbons (Fsp3) is 0.381. The van der Waals surface area contributed by atoms with Crippen molar-refractivity contribution in [3.63, 3.8) is 0 Å². The van der Waals surface area contributed by atoms with Crippen molar-refractivity contribution in [2.75, 3.05) is 26.2 Å². The molecule has 3 heteroatoms. The molecule has 0 unspecified atom stereocenters. The maximum Gasteiger partial charge on any atom is 0.317 e. The molecule has 0 aliphatic carbocycles. The van der Waals surface area contributed by atoms with Crippen molar-refractivity contribution in [2.45, 2.75) is 25.2 Å². The third-order valence-corrected chi connectivity index (χ3v) is 4.60. The lowest BCUT2D eigenvalue weighted by atomic mass is 9.91. The second kappa shape index (κ2) is 8.65. The molecule has 0 amide bonds. The molecule has 0 saturated carbocycles. The Balaban J connectivity index is 1.65. The van der Waals surface area contributed by atoms with E-state index in [1.807, 2.05) is 60.7 Å². The van der Waals surface area contributed by atoms with Crippen LogP contribution >= 0.6 is 0 Å². The van der Waals surface area contributed by atoms with E-state index in [9.17, 15) is 4.79 Å². The summed E-state index contributed by atoms with van der Waals surface area (Å²) in [5.74, 6) is -0.516. The van der Waals surface area contributed by atoms with E-state index in [4.69, 9.17) is 4.74 Å². The van der Waals surface area contributed by atoms with Gasteiger partial charge in [0.1, 0.15) is 12.5 Å². The number of piperidine rings is 1. The molecule has 1 aliphatic heterocycles. The zero-order chi connectivity index (χ0) is 16.6. The number of likely N-dealkylation sites (tertiary alicyclic amines) is 1. The van der Waals surface area contributed by atoms with Crippen molar-refractivity contribution >= 4 is 5.97 Å². The molecule has 3 nitrogen and oxygen atoms in total. The average molecular weight is 323 g/mol. The van der Waals surface area contributed by atoms with Gasteiger partial charge in [-0.2, -0.15) is 0 Å². The number of benzene rings is 2. The highest BCUT2D eigenvalue weighted by Crippen LogP contribution is 2.25. The fourth-order valence-electron chi connectivity index (χ4n) is 3.30. The van der Waals surface area contributed by atoms with Crippen molar-refractivity contribution in [1.29, 1.82) is 0 Å². The van der Waals surface area contributed by atoms with Gasteiger partial charge < -0.3 is 4.74 Å². The van der Waals surface area contributed by atoms with Gasteiger partial charge in [-0.25, -0.2) is 0 Å². The van der Waals surface area contributed by atoms with Crippen LogP contribution in [0, 0.1) is 0 Å². The number of rotatable bonds is 6. The quantitative estimate of drug-likeness (QED) is 0.756. The topological polar surface area (TPSA) is 29.5 Å². The highest BCUT2D eigenvalue weighted by Gasteiger charge is 2.24. The van der Waals surface area contributed by atoms with E-state index in [1.54, 1.807) is 0 Å². The number of hydrogen-bond donors (Lipinski definition) is 0. The third kappa shape index (κ3) is 4.45. The monoisotopic (exact) mass is 323 g/mol. The van der Waals surface area contributed by atoms with Crippen LogP contribution in [0.25, 0.3) is 0 Å². The van der Waals surface area contributed by atoms with Crippen molar-refractivity contribution in [1.82, 2.24) is 4.90 Å². The summed E-state index contributed by atoms with van der Waals surface area (Å²) < 4.78 is 5.64. The lowest BCUT2D eigenvalue weighted by molar-refractivity contribution is -0.144. The molecule has 0 N–H and O–H groups in total. The fourth-order valence-corrected chi connectivity index (χ4v) is 3.30. The van der Waals surface area contributed by atoms with Crippen LogP contribution in [0.3, 0.4) is 0 Å². The summed E-state index contributed by atoms with van der Waals surface area (Å²) >= 11 is 0. The second-order valence-corrected chi connectivity index (χ2v) is 6.32. The molecular weight excluding hydrogens is 298 g/mol. The standard InChI is InChI=1S/C21H25NO2/c23-21(24-17-16-22-14-8-3-9-15-22)20(18-10-4-1-5-11-18)19-12-6-2-7-13-19/h1-2,4-7,10-13,20H,3,8-9,14-17H2. The van der Waals surface area contributed by atoms with E-state index in [2.05, 4.69) is 4.90 Å². The maximum atomic E-state index is 12.7. The molecule has 1 aliphatic rings. The Morgan fingerprint density at radius 2 is 1.42 bits per heavy atom. The van der Waals surface area contributed by atoms with Crippen LogP contribution < -0.4 is 0 Å². The molecule has 1 heterocycles. The summed E-state index contributed by atoms with van der Waals surface area (Å²) in [6.07, 6.45) is 3.83. The van der Waals surface area contributed by atoms with Gasteiger partial charge in [-0.15, -0.1) is 0 Å². The molecule has 1 saturated heterocycles. The highest BCUT2D eigenvalue weighted by molar-refractivity contribution is 5.82. The molecule has 2 aromatic carbocycles. The number of hydrogen-bond acceptors (Lipinski definition) is 3. The molecule has 0 radical (unpaired) electrons. The van der Waals surface area contributed by atoms with Gasteiger partial charge in [-0.3, -0.25) is 9.69 Å². The number of carbonyl (C=O) groups is 1. The van der Waals surface area contributed by atoms with Gasteiger partial charge in [0, 0.05) is 6.54 Å². The minimum absolute atomic E-state index is 0.163. The average Bonchev–Trinajstić information content (AvgIpc) is 2.65. The predicted octanol–water partition coefficient (Wildman–Crippen LogP) is 3.85. The van der Waals surface area contributed by atoms with Crippen LogP contribution in [0.4, 0.5) is 0 Å². The molecule has 0 atom stereocenters. The Kier molecular flexibility index (Phi) is 6.02. The van der Waals surface area contributed by atoms with Crippen LogP contribution in [0.2, 0.25) is 0 Å². The Bertz CT molecular complexity index is 581. The van der Waals surface area contributed by atoms with Crippen molar-refractivity contribution in [2.24, 2.45) is 0 Å². The minimum atomic E-state index is -0.353. The zero-order valence-electron chi connectivity index (χ0n) is 14.1. The van der Waals surface area contributed by atoms with Crippen LogP contribution in [0.5, 0.6) is 0 Å². The molecule has 2 aromatic rings. The van der Waals surface area contributed by atoms with Gasteiger partial charge in [0.2, 0.25) is 0 Å². The maximum absolute atomic E-state index is 12.7. The van der Waals surface area contributed by atoms with Gasteiger partial charge >= 0.3 is 5.97 Å². The number of carbonyl (C=O) groups excluding carboxylic acids is 1. The highest BCUT2D eigenvalue weighted by atomic mass is 16.5. The van der Waals surface area contributed by atoms with Crippen LogP contribution in [-0.2, 0) is 9.53 Å². The van der Waals surface area contributed by atoms with Crippen LogP contribution in [0.15, 0.2) is 60.7 Å².